The van der Waals surface area contributed by atoms with E-state index in [4.69, 9.17) is 4.74 Å². The first-order valence-electron chi connectivity index (χ1n) is 10.4. The van der Waals surface area contributed by atoms with Crippen molar-refractivity contribution in [1.82, 2.24) is 15.2 Å². The molecule has 0 radical (unpaired) electrons. The summed E-state index contributed by atoms with van der Waals surface area (Å²) in [5.74, 6) is -1.48. The van der Waals surface area contributed by atoms with Gasteiger partial charge in [-0.1, -0.05) is 62.4 Å². The number of benzene rings is 2. The maximum atomic E-state index is 14.9. The molecule has 0 fully saturated rings. The van der Waals surface area contributed by atoms with Crippen molar-refractivity contribution < 1.29 is 18.3 Å². The van der Waals surface area contributed by atoms with E-state index >= 15 is 0 Å². The summed E-state index contributed by atoms with van der Waals surface area (Å²) in [6, 6.07) is 10.9. The molecule has 166 valence electrons. The summed E-state index contributed by atoms with van der Waals surface area (Å²) in [6.45, 7) is 3.79. The maximum Gasteiger partial charge on any atom is 0.247 e. The Morgan fingerprint density at radius 2 is 1.94 bits per heavy atom. The summed E-state index contributed by atoms with van der Waals surface area (Å²) in [7, 11) is 0. The van der Waals surface area contributed by atoms with Crippen LogP contribution in [0, 0.1) is 11.6 Å². The highest BCUT2D eigenvalue weighted by atomic mass is 32.2. The number of ether oxygens (including phenoxy) is 1. The summed E-state index contributed by atoms with van der Waals surface area (Å²) in [5, 5.41) is 8.95. The van der Waals surface area contributed by atoms with Gasteiger partial charge in [-0.2, -0.15) is 4.98 Å². The van der Waals surface area contributed by atoms with Crippen LogP contribution < -0.4 is 9.64 Å². The Bertz CT molecular complexity index is 1140. The van der Waals surface area contributed by atoms with Crippen molar-refractivity contribution in [3.05, 3.63) is 59.7 Å². The zero-order valence-corrected chi connectivity index (χ0v) is 18.5. The van der Waals surface area contributed by atoms with E-state index in [9.17, 15) is 13.6 Å². The van der Waals surface area contributed by atoms with Crippen molar-refractivity contribution in [3.63, 3.8) is 0 Å². The molecule has 1 atom stereocenters. The lowest BCUT2D eigenvalue weighted by Gasteiger charge is -2.30. The first-order valence-corrected chi connectivity index (χ1v) is 11.4. The number of hydrogen-bond donors (Lipinski definition) is 0. The van der Waals surface area contributed by atoms with E-state index in [-0.39, 0.29) is 23.8 Å². The fourth-order valence-corrected chi connectivity index (χ4v) is 4.30. The lowest BCUT2D eigenvalue weighted by Crippen LogP contribution is -2.37. The molecule has 0 saturated carbocycles. The number of carbonyl (C=O) groups is 1. The number of hydrogen-bond acceptors (Lipinski definition) is 6. The van der Waals surface area contributed by atoms with E-state index in [2.05, 4.69) is 22.1 Å². The average Bonchev–Trinajstić information content (AvgIpc) is 2.95. The smallest absolute Gasteiger partial charge is 0.247 e. The van der Waals surface area contributed by atoms with Crippen LogP contribution in [0.15, 0.2) is 47.6 Å². The molecule has 0 aliphatic carbocycles. The molecule has 0 saturated heterocycles. The summed E-state index contributed by atoms with van der Waals surface area (Å²) >= 11 is 1.44. The molecular weight excluding hydrogens is 434 g/mol. The van der Waals surface area contributed by atoms with E-state index in [0.717, 1.165) is 24.7 Å². The van der Waals surface area contributed by atoms with Gasteiger partial charge in [0.15, 0.2) is 17.3 Å². The molecule has 2 heterocycles. The van der Waals surface area contributed by atoms with E-state index in [1.54, 1.807) is 31.2 Å². The van der Waals surface area contributed by atoms with Gasteiger partial charge in [-0.25, -0.2) is 8.78 Å². The highest BCUT2D eigenvalue weighted by Gasteiger charge is 2.37. The normalized spacial score (nSPS) is 14.9. The highest BCUT2D eigenvalue weighted by Crippen LogP contribution is 2.44. The molecule has 4 rings (SSSR count). The highest BCUT2D eigenvalue weighted by molar-refractivity contribution is 7.99. The van der Waals surface area contributed by atoms with E-state index in [1.165, 1.54) is 28.8 Å². The largest absolute Gasteiger partial charge is 0.447 e. The summed E-state index contributed by atoms with van der Waals surface area (Å²) in [6.07, 6.45) is 0.902. The number of carbonyl (C=O) groups excluding carboxylic acids is 1. The zero-order chi connectivity index (χ0) is 22.7. The molecule has 0 unspecified atom stereocenters. The first kappa shape index (κ1) is 22.1. The zero-order valence-electron chi connectivity index (χ0n) is 17.7. The molecule has 3 aromatic rings. The minimum absolute atomic E-state index is 0.103. The predicted molar refractivity (Wildman–Crippen MR) is 118 cm³/mol. The van der Waals surface area contributed by atoms with Crippen LogP contribution in [0.3, 0.4) is 0 Å². The third-order valence-corrected chi connectivity index (χ3v) is 5.98. The Morgan fingerprint density at radius 1 is 1.12 bits per heavy atom. The number of thioether (sulfide) groups is 1. The number of anilines is 1. The molecule has 0 N–H and O–H groups in total. The number of unbranched alkanes of at least 4 members (excludes halogenated alkanes) is 1. The fourth-order valence-electron chi connectivity index (χ4n) is 3.44. The van der Waals surface area contributed by atoms with Crippen LogP contribution in [-0.2, 0) is 4.79 Å². The second kappa shape index (κ2) is 9.60. The lowest BCUT2D eigenvalue weighted by molar-refractivity contribution is -0.120. The average molecular weight is 457 g/mol. The molecule has 9 heteroatoms. The van der Waals surface area contributed by atoms with Gasteiger partial charge in [-0.15, -0.1) is 10.2 Å². The quantitative estimate of drug-likeness (QED) is 0.358. The predicted octanol–water partition coefficient (Wildman–Crippen LogP) is 5.54. The molecule has 1 aliphatic rings. The molecule has 1 aromatic heterocycles. The number of aromatic nitrogens is 3. The third kappa shape index (κ3) is 4.17. The molecule has 0 spiro atoms. The number of para-hydroxylation sites is 1. The third-order valence-electron chi connectivity index (χ3n) is 5.06. The van der Waals surface area contributed by atoms with E-state index < -0.39 is 17.9 Å². The number of amides is 1. The molecule has 1 amide bonds. The number of halogens is 2. The van der Waals surface area contributed by atoms with Crippen LogP contribution >= 0.6 is 11.8 Å². The van der Waals surface area contributed by atoms with Crippen molar-refractivity contribution in [2.75, 3.05) is 10.7 Å². The van der Waals surface area contributed by atoms with Gasteiger partial charge in [0, 0.05) is 17.7 Å². The van der Waals surface area contributed by atoms with Crippen molar-refractivity contribution in [1.29, 1.82) is 0 Å². The Labute approximate surface area is 189 Å². The van der Waals surface area contributed by atoms with Crippen molar-refractivity contribution in [3.8, 4) is 17.1 Å². The number of fused-ring (bicyclic) bond motifs is 3. The van der Waals surface area contributed by atoms with Crippen LogP contribution in [0.2, 0.25) is 0 Å². The standard InChI is InChI=1S/C23H22F2N4O2S/c1-3-5-13-32-23-26-21-20(27-28-23)14-9-6-7-12-17(14)29(18(30)4-2)22(31-21)15-10-8-11-16(24)19(15)25/h6-12,22H,3-5,13H2,1-2H3/t22-/m1/s1. The van der Waals surface area contributed by atoms with Gasteiger partial charge in [0.2, 0.25) is 23.2 Å². The molecule has 2 aromatic carbocycles. The van der Waals surface area contributed by atoms with Crippen LogP contribution in [0.5, 0.6) is 5.88 Å². The minimum atomic E-state index is -1.26. The molecular formula is C23H22F2N4O2S. The Morgan fingerprint density at radius 3 is 2.72 bits per heavy atom. The van der Waals surface area contributed by atoms with Crippen LogP contribution in [0.4, 0.5) is 14.5 Å². The van der Waals surface area contributed by atoms with Gasteiger partial charge in [-0.3, -0.25) is 9.69 Å². The van der Waals surface area contributed by atoms with Gasteiger partial charge < -0.3 is 4.74 Å². The summed E-state index contributed by atoms with van der Waals surface area (Å²) in [4.78, 5) is 18.9. The van der Waals surface area contributed by atoms with Crippen LogP contribution in [0.25, 0.3) is 11.3 Å². The summed E-state index contributed by atoms with van der Waals surface area (Å²) in [5.41, 5.74) is 1.28. The second-order valence-corrected chi connectivity index (χ2v) is 8.26. The maximum absolute atomic E-state index is 14.9. The van der Waals surface area contributed by atoms with E-state index in [1.807, 2.05) is 0 Å². The Kier molecular flexibility index (Phi) is 6.64. The minimum Gasteiger partial charge on any atom is -0.447 e. The SMILES string of the molecule is CCCCSc1nnc2c(n1)O[C@H](c1cccc(F)c1F)N(C(=O)CC)c1ccccc1-2. The number of rotatable bonds is 6. The van der Waals surface area contributed by atoms with Crippen molar-refractivity contribution >= 4 is 23.4 Å². The Hall–Kier alpha value is -3.07. The van der Waals surface area contributed by atoms with Crippen molar-refractivity contribution in [2.45, 2.75) is 44.5 Å². The number of nitrogens with zero attached hydrogens (tertiary/aromatic N) is 4. The second-order valence-electron chi connectivity index (χ2n) is 7.20. The van der Waals surface area contributed by atoms with Crippen LogP contribution in [0.1, 0.15) is 44.9 Å². The molecule has 6 nitrogen and oxygen atoms in total. The lowest BCUT2D eigenvalue weighted by atomic mass is 10.1. The monoisotopic (exact) mass is 456 g/mol. The van der Waals surface area contributed by atoms with Gasteiger partial charge in [0.25, 0.3) is 0 Å². The van der Waals surface area contributed by atoms with Crippen molar-refractivity contribution in [2.24, 2.45) is 0 Å². The van der Waals surface area contributed by atoms with Gasteiger partial charge in [-0.05, 0) is 18.6 Å². The topological polar surface area (TPSA) is 68.2 Å². The van der Waals surface area contributed by atoms with E-state index in [0.29, 0.717) is 22.1 Å². The van der Waals surface area contributed by atoms with Gasteiger partial charge in [0.1, 0.15) is 0 Å². The fraction of sp³-hybridized carbons (Fsp3) is 0.304. The Balaban J connectivity index is 1.90. The van der Waals surface area contributed by atoms with Crippen LogP contribution in [-0.4, -0.2) is 26.8 Å². The molecule has 1 aliphatic heterocycles. The van der Waals surface area contributed by atoms with Gasteiger partial charge in [0.05, 0.1) is 11.3 Å². The first-order chi connectivity index (χ1) is 15.5. The van der Waals surface area contributed by atoms with Gasteiger partial charge >= 0.3 is 0 Å². The summed E-state index contributed by atoms with van der Waals surface area (Å²) < 4.78 is 35.1. The molecule has 0 bridgehead atoms. The molecule has 32 heavy (non-hydrogen) atoms.